The number of phenols is 1. The zero-order valence-electron chi connectivity index (χ0n) is 12.6. The minimum Gasteiger partial charge on any atom is -0.508 e. The van der Waals surface area contributed by atoms with E-state index in [0.717, 1.165) is 38.8 Å². The maximum Gasteiger partial charge on any atom is 0.363 e. The molecular formula is C18H16INO3. The monoisotopic (exact) mass is 421 g/mol. The van der Waals surface area contributed by atoms with Crippen LogP contribution in [0.2, 0.25) is 0 Å². The number of phenolic OH excluding ortho intramolecular Hbond substituents is 1. The van der Waals surface area contributed by atoms with Gasteiger partial charge in [-0.3, -0.25) is 0 Å². The van der Waals surface area contributed by atoms with Gasteiger partial charge in [0.2, 0.25) is 0 Å². The van der Waals surface area contributed by atoms with Gasteiger partial charge >= 0.3 is 5.97 Å². The second-order valence-corrected chi connectivity index (χ2v) is 6.53. The van der Waals surface area contributed by atoms with Crippen LogP contribution in [0.25, 0.3) is 5.70 Å². The van der Waals surface area contributed by atoms with Gasteiger partial charge in [-0.05, 0) is 77.7 Å². The van der Waals surface area contributed by atoms with E-state index in [0.29, 0.717) is 11.3 Å². The zero-order chi connectivity index (χ0) is 16.4. The number of hydrogen-bond donors (Lipinski definition) is 2. The highest BCUT2D eigenvalue weighted by Crippen LogP contribution is 2.31. The van der Waals surface area contributed by atoms with Gasteiger partial charge in [0.05, 0.1) is 11.3 Å². The molecule has 0 saturated heterocycles. The molecule has 1 aliphatic rings. The molecule has 0 aromatic heterocycles. The lowest BCUT2D eigenvalue weighted by Crippen LogP contribution is -2.21. The number of fused-ring (bicyclic) bond motifs is 1. The number of allylic oxidation sites excluding steroid dienone is 1. The highest BCUT2D eigenvalue weighted by Gasteiger charge is 2.18. The molecule has 0 atom stereocenters. The van der Waals surface area contributed by atoms with Gasteiger partial charge in [-0.15, -0.1) is 0 Å². The Kier molecular flexibility index (Phi) is 4.56. The number of halogens is 1. The molecular weight excluding hydrogens is 405 g/mol. The van der Waals surface area contributed by atoms with Gasteiger partial charge in [0, 0.05) is 9.13 Å². The first-order chi connectivity index (χ1) is 11.1. The fraction of sp³-hybridized carbons (Fsp3) is 0.167. The van der Waals surface area contributed by atoms with Crippen molar-refractivity contribution in [2.75, 3.05) is 0 Å². The highest BCUT2D eigenvalue weighted by molar-refractivity contribution is 14.1. The summed E-state index contributed by atoms with van der Waals surface area (Å²) in [7, 11) is 0. The first-order valence-corrected chi connectivity index (χ1v) is 8.39. The van der Waals surface area contributed by atoms with Crippen LogP contribution in [-0.4, -0.2) is 11.1 Å². The Morgan fingerprint density at radius 2 is 2.04 bits per heavy atom. The van der Waals surface area contributed by atoms with Crippen molar-refractivity contribution < 1.29 is 14.7 Å². The molecule has 2 aromatic rings. The summed E-state index contributed by atoms with van der Waals surface area (Å²) < 4.78 is 0.843. The average molecular weight is 421 g/mol. The first-order valence-electron chi connectivity index (χ1n) is 7.31. The SMILES string of the molecule is Cc1c(O)ccc2c1CCC=C2NOC(=O)c1ccccc1I. The van der Waals surface area contributed by atoms with Crippen molar-refractivity contribution in [1.82, 2.24) is 5.48 Å². The van der Waals surface area contributed by atoms with Crippen molar-refractivity contribution in [2.24, 2.45) is 0 Å². The lowest BCUT2D eigenvalue weighted by Gasteiger charge is -2.21. The summed E-state index contributed by atoms with van der Waals surface area (Å²) in [5, 5.41) is 9.83. The van der Waals surface area contributed by atoms with Crippen LogP contribution in [0.15, 0.2) is 42.5 Å². The number of aromatic hydroxyl groups is 1. The number of hydroxylamine groups is 1. The second-order valence-electron chi connectivity index (χ2n) is 5.36. The van der Waals surface area contributed by atoms with Crippen LogP contribution in [0.4, 0.5) is 0 Å². The minimum absolute atomic E-state index is 0.292. The number of benzene rings is 2. The Bertz CT molecular complexity index is 799. The Hall–Kier alpha value is -2.02. The molecule has 118 valence electrons. The second kappa shape index (κ2) is 6.62. The average Bonchev–Trinajstić information content (AvgIpc) is 2.56. The van der Waals surface area contributed by atoms with E-state index in [-0.39, 0.29) is 0 Å². The molecule has 0 unspecified atom stereocenters. The smallest absolute Gasteiger partial charge is 0.363 e. The molecule has 0 aliphatic heterocycles. The number of carbonyl (C=O) groups is 1. The molecule has 1 aliphatic carbocycles. The normalized spacial score (nSPS) is 13.0. The van der Waals surface area contributed by atoms with Crippen molar-refractivity contribution in [3.05, 3.63) is 68.3 Å². The van der Waals surface area contributed by atoms with Crippen LogP contribution in [0.3, 0.4) is 0 Å². The van der Waals surface area contributed by atoms with Crippen LogP contribution < -0.4 is 5.48 Å². The molecule has 0 heterocycles. The molecule has 4 nitrogen and oxygen atoms in total. The van der Waals surface area contributed by atoms with E-state index in [1.54, 1.807) is 18.2 Å². The van der Waals surface area contributed by atoms with Crippen LogP contribution in [0, 0.1) is 10.5 Å². The summed E-state index contributed by atoms with van der Waals surface area (Å²) in [6, 6.07) is 10.8. The molecule has 0 radical (unpaired) electrons. The molecule has 3 rings (SSSR count). The van der Waals surface area contributed by atoms with Crippen LogP contribution >= 0.6 is 22.6 Å². The van der Waals surface area contributed by atoms with Crippen molar-refractivity contribution in [3.8, 4) is 5.75 Å². The third-order valence-corrected chi connectivity index (χ3v) is 4.89. The van der Waals surface area contributed by atoms with Crippen LogP contribution in [0.5, 0.6) is 5.75 Å². The van der Waals surface area contributed by atoms with E-state index in [1.165, 1.54) is 0 Å². The van der Waals surface area contributed by atoms with Gasteiger partial charge in [0.1, 0.15) is 5.75 Å². The van der Waals surface area contributed by atoms with E-state index in [2.05, 4.69) is 28.1 Å². The lowest BCUT2D eigenvalue weighted by atomic mass is 9.91. The Morgan fingerprint density at radius 1 is 1.26 bits per heavy atom. The van der Waals surface area contributed by atoms with E-state index in [1.807, 2.05) is 31.2 Å². The van der Waals surface area contributed by atoms with Crippen molar-refractivity contribution in [3.63, 3.8) is 0 Å². The third-order valence-electron chi connectivity index (χ3n) is 3.95. The van der Waals surface area contributed by atoms with Crippen molar-refractivity contribution >= 4 is 34.3 Å². The summed E-state index contributed by atoms with van der Waals surface area (Å²) >= 11 is 2.11. The standard InChI is InChI=1S/C18H16INO3/c1-11-12-6-4-8-16(13(12)9-10-17(11)21)20-23-18(22)14-5-2-3-7-15(14)19/h2-3,5,7-10,20-21H,4,6H2,1H3. The topological polar surface area (TPSA) is 58.6 Å². The Morgan fingerprint density at radius 3 is 2.83 bits per heavy atom. The van der Waals surface area contributed by atoms with Gasteiger partial charge in [0.25, 0.3) is 0 Å². The predicted octanol–water partition coefficient (Wildman–Crippen LogP) is 3.95. The summed E-state index contributed by atoms with van der Waals surface area (Å²) in [4.78, 5) is 17.4. The summed E-state index contributed by atoms with van der Waals surface area (Å²) in [5.74, 6) is -0.126. The van der Waals surface area contributed by atoms with Gasteiger partial charge in [-0.1, -0.05) is 18.2 Å². The summed E-state index contributed by atoms with van der Waals surface area (Å²) in [6.07, 6.45) is 3.70. The predicted molar refractivity (Wildman–Crippen MR) is 96.9 cm³/mol. The Balaban J connectivity index is 1.78. The molecule has 2 N–H and O–H groups in total. The van der Waals surface area contributed by atoms with Crippen molar-refractivity contribution in [2.45, 2.75) is 19.8 Å². The number of rotatable bonds is 3. The van der Waals surface area contributed by atoms with Crippen LogP contribution in [-0.2, 0) is 11.3 Å². The largest absolute Gasteiger partial charge is 0.508 e. The number of nitrogens with one attached hydrogen (secondary N) is 1. The van der Waals surface area contributed by atoms with Crippen LogP contribution in [0.1, 0.15) is 33.5 Å². The van der Waals surface area contributed by atoms with E-state index >= 15 is 0 Å². The zero-order valence-corrected chi connectivity index (χ0v) is 14.8. The van der Waals surface area contributed by atoms with E-state index in [4.69, 9.17) is 4.84 Å². The molecule has 0 bridgehead atoms. The third kappa shape index (κ3) is 3.19. The minimum atomic E-state index is -0.418. The molecule has 0 amide bonds. The van der Waals surface area contributed by atoms with Gasteiger partial charge in [0.15, 0.2) is 0 Å². The first kappa shape index (κ1) is 15.9. The number of hydrogen-bond acceptors (Lipinski definition) is 4. The maximum absolute atomic E-state index is 12.2. The summed E-state index contributed by atoms with van der Waals surface area (Å²) in [5.41, 5.74) is 6.98. The number of carbonyl (C=O) groups excluding carboxylic acids is 1. The molecule has 23 heavy (non-hydrogen) atoms. The van der Waals surface area contributed by atoms with E-state index < -0.39 is 5.97 Å². The van der Waals surface area contributed by atoms with Crippen molar-refractivity contribution in [1.29, 1.82) is 0 Å². The van der Waals surface area contributed by atoms with Gasteiger partial charge in [-0.2, -0.15) is 0 Å². The highest BCUT2D eigenvalue weighted by atomic mass is 127. The summed E-state index contributed by atoms with van der Waals surface area (Å²) in [6.45, 7) is 1.90. The molecule has 2 aromatic carbocycles. The Labute approximate surface area is 148 Å². The molecule has 0 spiro atoms. The van der Waals surface area contributed by atoms with Gasteiger partial charge < -0.3 is 9.94 Å². The molecule has 0 saturated carbocycles. The molecule has 0 fully saturated rings. The lowest BCUT2D eigenvalue weighted by molar-refractivity contribution is 0.0367. The molecule has 5 heteroatoms. The quantitative estimate of drug-likeness (QED) is 0.582. The maximum atomic E-state index is 12.2. The fourth-order valence-corrected chi connectivity index (χ4v) is 3.28. The fourth-order valence-electron chi connectivity index (χ4n) is 2.67. The van der Waals surface area contributed by atoms with Gasteiger partial charge in [-0.25, -0.2) is 10.3 Å². The van der Waals surface area contributed by atoms with E-state index in [9.17, 15) is 9.90 Å².